The van der Waals surface area contributed by atoms with E-state index in [0.717, 1.165) is 10.8 Å². The molecule has 0 radical (unpaired) electrons. The number of hydrogen-bond acceptors (Lipinski definition) is 3. The van der Waals surface area contributed by atoms with E-state index in [1.165, 1.54) is 82.0 Å². The van der Waals surface area contributed by atoms with Crippen LogP contribution in [0.4, 0.5) is 0 Å². The highest BCUT2D eigenvalue weighted by Crippen LogP contribution is 2.17. The molecule has 0 unspecified atom stereocenters. The highest BCUT2D eigenvalue weighted by molar-refractivity contribution is 7.84. The Balaban J connectivity index is 0.000000321. The fraction of sp³-hybridized carbons (Fsp3) is 0.630. The van der Waals surface area contributed by atoms with E-state index in [1.54, 1.807) is 12.1 Å². The molecule has 0 heterocycles. The first kappa shape index (κ1) is 28.6. The zero-order valence-corrected chi connectivity index (χ0v) is 21.6. The quantitative estimate of drug-likeness (QED) is 0.226. The molecule has 32 heavy (non-hydrogen) atoms. The first-order valence-electron chi connectivity index (χ1n) is 12.6. The van der Waals surface area contributed by atoms with E-state index in [1.807, 2.05) is 30.3 Å². The molecule has 2 aromatic rings. The fourth-order valence-electron chi connectivity index (χ4n) is 4.18. The van der Waals surface area contributed by atoms with Crippen molar-refractivity contribution in [3.63, 3.8) is 0 Å². The van der Waals surface area contributed by atoms with Gasteiger partial charge in [0.15, 0.2) is 0 Å². The van der Waals surface area contributed by atoms with Gasteiger partial charge in [0.1, 0.15) is 0 Å². The van der Waals surface area contributed by atoms with E-state index in [9.17, 15) is 13.0 Å². The van der Waals surface area contributed by atoms with Crippen LogP contribution in [0.2, 0.25) is 0 Å². The highest BCUT2D eigenvalue weighted by atomic mass is 32.2. The van der Waals surface area contributed by atoms with Crippen molar-refractivity contribution >= 4 is 20.9 Å². The third-order valence-electron chi connectivity index (χ3n) is 6.10. The van der Waals surface area contributed by atoms with Gasteiger partial charge >= 0.3 is 0 Å². The van der Waals surface area contributed by atoms with Gasteiger partial charge < -0.3 is 9.04 Å². The molecule has 0 saturated heterocycles. The topological polar surface area (TPSA) is 57.2 Å². The summed E-state index contributed by atoms with van der Waals surface area (Å²) in [6.45, 7) is 15.0. The van der Waals surface area contributed by atoms with Crippen LogP contribution in [0.25, 0.3) is 10.8 Å². The van der Waals surface area contributed by atoms with Crippen LogP contribution in [0.1, 0.15) is 84.6 Å². The lowest BCUT2D eigenvalue weighted by Gasteiger charge is -2.39. The molecule has 0 atom stereocenters. The number of benzene rings is 2. The van der Waals surface area contributed by atoms with E-state index in [0.29, 0.717) is 5.56 Å². The van der Waals surface area contributed by atoms with Gasteiger partial charge in [-0.3, -0.25) is 0 Å². The second kappa shape index (κ2) is 15.4. The predicted octanol–water partition coefficient (Wildman–Crippen LogP) is 6.89. The van der Waals surface area contributed by atoms with E-state index in [-0.39, 0.29) is 0 Å². The molecule has 0 bridgehead atoms. The van der Waals surface area contributed by atoms with E-state index in [4.69, 9.17) is 0 Å². The molecule has 2 rings (SSSR count). The molecule has 5 heteroatoms. The Morgan fingerprint density at radius 2 is 1.12 bits per heavy atom. The lowest BCUT2D eigenvalue weighted by atomic mass is 10.1. The molecule has 0 saturated carbocycles. The molecule has 0 aromatic heterocycles. The van der Waals surface area contributed by atoms with Gasteiger partial charge in [0.2, 0.25) is 0 Å². The maximum Gasteiger partial charge on any atom is 0.0988 e. The van der Waals surface area contributed by atoms with Crippen molar-refractivity contribution in [2.24, 2.45) is 0 Å². The van der Waals surface area contributed by atoms with Crippen LogP contribution in [0.3, 0.4) is 0 Å². The van der Waals surface area contributed by atoms with E-state index >= 15 is 0 Å². The SMILES string of the molecule is CCCC[N+](CCCC)(CCCC)CCCC.O=S(=O)([O-])Cc1ccc2ccccc2c1. The molecule has 182 valence electrons. The number of unbranched alkanes of at least 4 members (excludes halogenated alkanes) is 4. The van der Waals surface area contributed by atoms with Crippen molar-refractivity contribution in [3.05, 3.63) is 48.0 Å². The van der Waals surface area contributed by atoms with Crippen molar-refractivity contribution in [3.8, 4) is 0 Å². The smallest absolute Gasteiger partial charge is 0.0988 e. The summed E-state index contributed by atoms with van der Waals surface area (Å²) in [6.07, 6.45) is 11.1. The number of fused-ring (bicyclic) bond motifs is 1. The molecule has 0 amide bonds. The van der Waals surface area contributed by atoms with Gasteiger partial charge in [-0.1, -0.05) is 95.8 Å². The number of quaternary nitrogens is 1. The Bertz CT molecular complexity index is 827. The zero-order chi connectivity index (χ0) is 23.9. The lowest BCUT2D eigenvalue weighted by molar-refractivity contribution is -0.929. The molecule has 0 N–H and O–H groups in total. The molecule has 0 aliphatic rings. The summed E-state index contributed by atoms with van der Waals surface area (Å²) in [5, 5.41) is 1.98. The third-order valence-corrected chi connectivity index (χ3v) is 6.79. The Morgan fingerprint density at radius 3 is 1.53 bits per heavy atom. The van der Waals surface area contributed by atoms with Crippen LogP contribution in [-0.2, 0) is 15.9 Å². The van der Waals surface area contributed by atoms with E-state index in [2.05, 4.69) is 27.7 Å². The summed E-state index contributed by atoms with van der Waals surface area (Å²) in [4.78, 5) is 0. The third kappa shape index (κ3) is 11.4. The predicted molar refractivity (Wildman–Crippen MR) is 137 cm³/mol. The van der Waals surface area contributed by atoms with Crippen molar-refractivity contribution in [1.82, 2.24) is 0 Å². The molecule has 2 aromatic carbocycles. The van der Waals surface area contributed by atoms with Crippen molar-refractivity contribution in [2.45, 2.75) is 84.8 Å². The van der Waals surface area contributed by atoms with Gasteiger partial charge in [0.25, 0.3) is 0 Å². The zero-order valence-electron chi connectivity index (χ0n) is 20.8. The standard InChI is InChI=1S/C16H36N.C11H10O3S/c1-5-9-13-17(14-10-6-2,15-11-7-3)16-12-8-4;12-15(13,14)8-9-5-6-10-3-1-2-4-11(10)7-9/h5-16H2,1-4H3;1-7H,8H2,(H,12,13,14)/q+1;/p-1. The summed E-state index contributed by atoms with van der Waals surface area (Å²) in [5.41, 5.74) is 0.531. The largest absolute Gasteiger partial charge is 0.748 e. The van der Waals surface area contributed by atoms with Gasteiger partial charge in [-0.2, -0.15) is 0 Å². The van der Waals surface area contributed by atoms with E-state index < -0.39 is 15.9 Å². The fourth-order valence-corrected chi connectivity index (χ4v) is 4.77. The second-order valence-electron chi connectivity index (χ2n) is 9.03. The number of rotatable bonds is 14. The maximum absolute atomic E-state index is 10.6. The Labute approximate surface area is 197 Å². The molecule has 0 fully saturated rings. The first-order valence-corrected chi connectivity index (χ1v) is 14.1. The molecule has 0 aliphatic carbocycles. The van der Waals surface area contributed by atoms with Crippen molar-refractivity contribution in [2.75, 3.05) is 26.2 Å². The molecule has 0 spiro atoms. The minimum Gasteiger partial charge on any atom is -0.748 e. The summed E-state index contributed by atoms with van der Waals surface area (Å²) < 4.78 is 33.2. The van der Waals surface area contributed by atoms with Gasteiger partial charge in [0, 0.05) is 0 Å². The van der Waals surface area contributed by atoms with Crippen LogP contribution < -0.4 is 0 Å². The van der Waals surface area contributed by atoms with Gasteiger partial charge in [-0.25, -0.2) is 8.42 Å². The van der Waals surface area contributed by atoms with Gasteiger partial charge in [-0.05, 0) is 42.0 Å². The van der Waals surface area contributed by atoms with Crippen LogP contribution in [0.15, 0.2) is 42.5 Å². The van der Waals surface area contributed by atoms with Crippen LogP contribution in [0, 0.1) is 0 Å². The minimum absolute atomic E-state index is 0.447. The van der Waals surface area contributed by atoms with Crippen molar-refractivity contribution in [1.29, 1.82) is 0 Å². The summed E-state index contributed by atoms with van der Waals surface area (Å²) in [5.74, 6) is -0.447. The number of hydrogen-bond donors (Lipinski definition) is 0. The van der Waals surface area contributed by atoms with Crippen LogP contribution in [0.5, 0.6) is 0 Å². The lowest BCUT2D eigenvalue weighted by Crippen LogP contribution is -2.50. The molecular weight excluding hydrogens is 418 g/mol. The maximum atomic E-state index is 10.6. The summed E-state index contributed by atoms with van der Waals surface area (Å²) in [7, 11) is -4.20. The van der Waals surface area contributed by atoms with Gasteiger partial charge in [-0.15, -0.1) is 0 Å². The highest BCUT2D eigenvalue weighted by Gasteiger charge is 2.24. The molecule has 0 aliphatic heterocycles. The first-order chi connectivity index (χ1) is 15.3. The number of nitrogens with zero attached hydrogens (tertiary/aromatic N) is 1. The summed E-state index contributed by atoms with van der Waals surface area (Å²) in [6, 6.07) is 12.8. The minimum atomic E-state index is -4.20. The molecular formula is C27H45NO3S. The Hall–Kier alpha value is -1.43. The second-order valence-corrected chi connectivity index (χ2v) is 10.4. The average molecular weight is 464 g/mol. The average Bonchev–Trinajstić information content (AvgIpc) is 2.77. The van der Waals surface area contributed by atoms with Crippen LogP contribution >= 0.6 is 0 Å². The molecule has 4 nitrogen and oxygen atoms in total. The van der Waals surface area contributed by atoms with Crippen molar-refractivity contribution < 1.29 is 17.5 Å². The Morgan fingerprint density at radius 1 is 0.688 bits per heavy atom. The monoisotopic (exact) mass is 463 g/mol. The normalized spacial score (nSPS) is 11.9. The Kier molecular flexibility index (Phi) is 13.8. The summed E-state index contributed by atoms with van der Waals surface area (Å²) >= 11 is 0. The van der Waals surface area contributed by atoms with Crippen LogP contribution in [-0.4, -0.2) is 43.6 Å². The van der Waals surface area contributed by atoms with Gasteiger partial charge in [0.05, 0.1) is 42.1 Å².